The first-order chi connectivity index (χ1) is 10.8. The van der Waals surface area contributed by atoms with Crippen molar-refractivity contribution in [2.45, 2.75) is 24.9 Å². The Morgan fingerprint density at radius 2 is 1.96 bits per heavy atom. The number of benzene rings is 1. The van der Waals surface area contributed by atoms with Gasteiger partial charge in [0.15, 0.2) is 5.96 Å². The van der Waals surface area contributed by atoms with Crippen LogP contribution in [0, 0.1) is 0 Å². The number of ether oxygens (including phenoxy) is 1. The highest BCUT2D eigenvalue weighted by Gasteiger charge is 2.28. The van der Waals surface area contributed by atoms with E-state index in [1.807, 2.05) is 7.05 Å². The maximum absolute atomic E-state index is 6.15. The van der Waals surface area contributed by atoms with Gasteiger partial charge >= 0.3 is 0 Å². The van der Waals surface area contributed by atoms with E-state index in [0.29, 0.717) is 18.5 Å². The standard InChI is InChI=1S/C17H26N4O.HI/c1-20(15-7-8-15)17(18)19-13-16(14-5-3-2-4-6-14)21-9-11-22-12-10-21;/h2-6,15-16H,7-13H2,1H3,(H2,18,19);1H. The zero-order chi connectivity index (χ0) is 15.4. The van der Waals surface area contributed by atoms with Crippen LogP contribution in [-0.4, -0.2) is 61.7 Å². The van der Waals surface area contributed by atoms with Gasteiger partial charge in [-0.3, -0.25) is 9.89 Å². The van der Waals surface area contributed by atoms with Crippen molar-refractivity contribution in [3.8, 4) is 0 Å². The van der Waals surface area contributed by atoms with Crippen LogP contribution in [0.4, 0.5) is 0 Å². The van der Waals surface area contributed by atoms with Gasteiger partial charge in [-0.05, 0) is 18.4 Å². The van der Waals surface area contributed by atoms with E-state index in [1.54, 1.807) is 0 Å². The molecule has 6 heteroatoms. The van der Waals surface area contributed by atoms with Crippen molar-refractivity contribution in [1.82, 2.24) is 9.80 Å². The average molecular weight is 430 g/mol. The third-order valence-corrected chi connectivity index (χ3v) is 4.55. The molecule has 0 spiro atoms. The Kier molecular flexibility index (Phi) is 7.10. The quantitative estimate of drug-likeness (QED) is 0.442. The number of morpholine rings is 1. The molecule has 1 aromatic carbocycles. The molecule has 1 saturated carbocycles. The normalized spacial score (nSPS) is 20.7. The number of aliphatic imine (C=N–C) groups is 1. The second-order valence-electron chi connectivity index (χ2n) is 6.12. The smallest absolute Gasteiger partial charge is 0.191 e. The maximum atomic E-state index is 6.15. The van der Waals surface area contributed by atoms with E-state index in [2.05, 4.69) is 45.1 Å². The van der Waals surface area contributed by atoms with Crippen molar-refractivity contribution in [3.63, 3.8) is 0 Å². The van der Waals surface area contributed by atoms with E-state index in [0.717, 1.165) is 26.3 Å². The molecule has 1 aromatic rings. The Balaban J connectivity index is 0.00000192. The highest BCUT2D eigenvalue weighted by Crippen LogP contribution is 2.26. The van der Waals surface area contributed by atoms with Crippen LogP contribution in [0.1, 0.15) is 24.4 Å². The molecule has 0 radical (unpaired) electrons. The Morgan fingerprint density at radius 3 is 2.57 bits per heavy atom. The van der Waals surface area contributed by atoms with Gasteiger partial charge in [-0.25, -0.2) is 0 Å². The largest absolute Gasteiger partial charge is 0.379 e. The summed E-state index contributed by atoms with van der Waals surface area (Å²) >= 11 is 0. The molecule has 0 amide bonds. The van der Waals surface area contributed by atoms with Crippen LogP contribution in [0.3, 0.4) is 0 Å². The van der Waals surface area contributed by atoms with Gasteiger partial charge in [0, 0.05) is 26.2 Å². The van der Waals surface area contributed by atoms with Crippen molar-refractivity contribution in [2.24, 2.45) is 10.7 Å². The molecule has 1 saturated heterocycles. The monoisotopic (exact) mass is 430 g/mol. The van der Waals surface area contributed by atoms with Crippen molar-refractivity contribution in [1.29, 1.82) is 0 Å². The molecule has 1 aliphatic heterocycles. The van der Waals surface area contributed by atoms with Crippen LogP contribution in [0.5, 0.6) is 0 Å². The fourth-order valence-corrected chi connectivity index (χ4v) is 2.94. The second-order valence-corrected chi connectivity index (χ2v) is 6.12. The minimum atomic E-state index is 0. The molecule has 1 aliphatic carbocycles. The highest BCUT2D eigenvalue weighted by atomic mass is 127. The average Bonchev–Trinajstić information content (AvgIpc) is 3.41. The van der Waals surface area contributed by atoms with Crippen molar-refractivity contribution in [3.05, 3.63) is 35.9 Å². The van der Waals surface area contributed by atoms with Crippen molar-refractivity contribution < 1.29 is 4.74 Å². The summed E-state index contributed by atoms with van der Waals surface area (Å²) in [5.41, 5.74) is 7.45. The first-order valence-corrected chi connectivity index (χ1v) is 8.15. The zero-order valence-electron chi connectivity index (χ0n) is 13.7. The highest BCUT2D eigenvalue weighted by molar-refractivity contribution is 14.0. The fourth-order valence-electron chi connectivity index (χ4n) is 2.94. The molecular formula is C17H27IN4O. The number of halogens is 1. The second kappa shape index (κ2) is 8.84. The van der Waals surface area contributed by atoms with Gasteiger partial charge < -0.3 is 15.4 Å². The molecule has 1 unspecified atom stereocenters. The number of hydrogen-bond acceptors (Lipinski definition) is 3. The third kappa shape index (κ3) is 5.06. The Bertz CT molecular complexity index is 501. The van der Waals surface area contributed by atoms with Gasteiger partial charge in [-0.1, -0.05) is 30.3 Å². The summed E-state index contributed by atoms with van der Waals surface area (Å²) in [6.45, 7) is 4.20. The van der Waals surface area contributed by atoms with E-state index >= 15 is 0 Å². The molecule has 2 fully saturated rings. The summed E-state index contributed by atoms with van der Waals surface area (Å²) in [5.74, 6) is 0.664. The van der Waals surface area contributed by atoms with Gasteiger partial charge in [0.05, 0.1) is 25.8 Å². The molecule has 2 aliphatic rings. The molecule has 5 nitrogen and oxygen atoms in total. The van der Waals surface area contributed by atoms with E-state index in [9.17, 15) is 0 Å². The van der Waals surface area contributed by atoms with E-state index in [4.69, 9.17) is 10.5 Å². The molecule has 2 N–H and O–H groups in total. The molecular weight excluding hydrogens is 403 g/mol. The molecule has 1 atom stereocenters. The summed E-state index contributed by atoms with van der Waals surface area (Å²) in [6, 6.07) is 11.5. The number of nitrogens with zero attached hydrogens (tertiary/aromatic N) is 3. The predicted octanol–water partition coefficient (Wildman–Crippen LogP) is 2.09. The number of hydrogen-bond donors (Lipinski definition) is 1. The van der Waals surface area contributed by atoms with Gasteiger partial charge in [0.1, 0.15) is 0 Å². The molecule has 0 bridgehead atoms. The number of rotatable bonds is 5. The van der Waals surface area contributed by atoms with Crippen LogP contribution in [0.25, 0.3) is 0 Å². The summed E-state index contributed by atoms with van der Waals surface area (Å²) < 4.78 is 5.48. The summed E-state index contributed by atoms with van der Waals surface area (Å²) in [7, 11) is 2.04. The molecule has 3 rings (SSSR count). The molecule has 1 heterocycles. The van der Waals surface area contributed by atoms with Crippen LogP contribution < -0.4 is 5.73 Å². The SMILES string of the molecule is CN(C(N)=NCC(c1ccccc1)N1CCOCC1)C1CC1.I. The summed E-state index contributed by atoms with van der Waals surface area (Å²) in [4.78, 5) is 9.24. The van der Waals surface area contributed by atoms with Crippen LogP contribution in [0.15, 0.2) is 35.3 Å². The van der Waals surface area contributed by atoms with Crippen LogP contribution in [0.2, 0.25) is 0 Å². The Labute approximate surface area is 155 Å². The maximum Gasteiger partial charge on any atom is 0.191 e. The van der Waals surface area contributed by atoms with Crippen LogP contribution in [-0.2, 0) is 4.74 Å². The lowest BCUT2D eigenvalue weighted by atomic mass is 10.1. The first-order valence-electron chi connectivity index (χ1n) is 8.15. The summed E-state index contributed by atoms with van der Waals surface area (Å²) in [5, 5.41) is 0. The third-order valence-electron chi connectivity index (χ3n) is 4.55. The lowest BCUT2D eigenvalue weighted by Gasteiger charge is -2.34. The first kappa shape index (κ1) is 18.5. The minimum absolute atomic E-state index is 0. The Hall–Kier alpha value is -0.860. The topological polar surface area (TPSA) is 54.1 Å². The van der Waals surface area contributed by atoms with E-state index in [1.165, 1.54) is 18.4 Å². The van der Waals surface area contributed by atoms with Crippen LogP contribution >= 0.6 is 24.0 Å². The van der Waals surface area contributed by atoms with E-state index < -0.39 is 0 Å². The predicted molar refractivity (Wildman–Crippen MR) is 104 cm³/mol. The lowest BCUT2D eigenvalue weighted by Crippen LogP contribution is -2.41. The van der Waals surface area contributed by atoms with Crippen molar-refractivity contribution >= 4 is 29.9 Å². The van der Waals surface area contributed by atoms with Gasteiger partial charge in [-0.15, -0.1) is 24.0 Å². The summed E-state index contributed by atoms with van der Waals surface area (Å²) in [6.07, 6.45) is 2.47. The van der Waals surface area contributed by atoms with Gasteiger partial charge in [0.2, 0.25) is 0 Å². The van der Waals surface area contributed by atoms with E-state index in [-0.39, 0.29) is 30.0 Å². The molecule has 23 heavy (non-hydrogen) atoms. The van der Waals surface area contributed by atoms with Crippen molar-refractivity contribution in [2.75, 3.05) is 39.9 Å². The number of nitrogens with two attached hydrogens (primary N) is 1. The zero-order valence-corrected chi connectivity index (χ0v) is 16.1. The minimum Gasteiger partial charge on any atom is -0.379 e. The molecule has 0 aromatic heterocycles. The number of guanidine groups is 1. The Morgan fingerprint density at radius 1 is 1.30 bits per heavy atom. The molecule has 128 valence electrons. The fraction of sp³-hybridized carbons (Fsp3) is 0.588. The van der Waals surface area contributed by atoms with Gasteiger partial charge in [0.25, 0.3) is 0 Å². The van der Waals surface area contributed by atoms with Gasteiger partial charge in [-0.2, -0.15) is 0 Å². The lowest BCUT2D eigenvalue weighted by molar-refractivity contribution is 0.0179.